The van der Waals surface area contributed by atoms with Crippen molar-refractivity contribution in [3.8, 4) is 0 Å². The molecule has 2 atom stereocenters. The van der Waals surface area contributed by atoms with E-state index in [0.717, 1.165) is 9.80 Å². The van der Waals surface area contributed by atoms with Gasteiger partial charge in [0.1, 0.15) is 6.67 Å². The lowest BCUT2D eigenvalue weighted by Gasteiger charge is -2.21. The smallest absolute Gasteiger partial charge is 0.234 e. The zero-order chi connectivity index (χ0) is 14.2. The molecule has 2 unspecified atom stereocenters. The molecule has 2 rings (SSSR count). The van der Waals surface area contributed by atoms with Crippen LogP contribution in [0, 0.1) is 11.8 Å². The Hall–Kier alpha value is -1.72. The number of nitrogens with zero attached hydrogens (tertiary/aromatic N) is 2. The number of hydrogen-bond donors (Lipinski definition) is 0. The summed E-state index contributed by atoms with van der Waals surface area (Å²) in [5.74, 6) is -1.74. The van der Waals surface area contributed by atoms with Crippen LogP contribution in [0.15, 0.2) is 0 Å². The molecule has 6 nitrogen and oxygen atoms in total. The number of imide groups is 2. The maximum atomic E-state index is 12.0. The van der Waals surface area contributed by atoms with Crippen molar-refractivity contribution in [3.05, 3.63) is 0 Å². The minimum absolute atomic E-state index is 0.183. The molecule has 0 aliphatic carbocycles. The highest BCUT2D eigenvalue weighted by molar-refractivity contribution is 6.06. The van der Waals surface area contributed by atoms with Gasteiger partial charge in [-0.25, -0.2) is 0 Å². The maximum Gasteiger partial charge on any atom is 0.234 e. The molecule has 0 saturated carbocycles. The third-order valence-corrected chi connectivity index (χ3v) is 3.94. The first-order valence-corrected chi connectivity index (χ1v) is 6.68. The van der Waals surface area contributed by atoms with Crippen LogP contribution in [-0.4, -0.2) is 40.1 Å². The predicted molar refractivity (Wildman–Crippen MR) is 65.4 cm³/mol. The van der Waals surface area contributed by atoms with Gasteiger partial charge in [0.25, 0.3) is 0 Å². The van der Waals surface area contributed by atoms with Gasteiger partial charge in [0.15, 0.2) is 0 Å². The van der Waals surface area contributed by atoms with Crippen LogP contribution < -0.4 is 0 Å². The quantitative estimate of drug-likeness (QED) is 0.695. The molecule has 2 heterocycles. The largest absolute Gasteiger partial charge is 0.274 e. The highest BCUT2D eigenvalue weighted by atomic mass is 16.2. The molecule has 2 saturated heterocycles. The second-order valence-corrected chi connectivity index (χ2v) is 5.08. The summed E-state index contributed by atoms with van der Waals surface area (Å²) in [6, 6.07) is 0. The molecule has 0 radical (unpaired) electrons. The topological polar surface area (TPSA) is 74.8 Å². The van der Waals surface area contributed by atoms with Gasteiger partial charge >= 0.3 is 0 Å². The van der Waals surface area contributed by atoms with E-state index in [1.807, 2.05) is 13.8 Å². The summed E-state index contributed by atoms with van der Waals surface area (Å²) in [5.41, 5.74) is 0. The molecule has 0 aromatic heterocycles. The van der Waals surface area contributed by atoms with Crippen molar-refractivity contribution in [2.75, 3.05) is 6.67 Å². The van der Waals surface area contributed by atoms with Crippen molar-refractivity contribution in [2.24, 2.45) is 11.8 Å². The summed E-state index contributed by atoms with van der Waals surface area (Å²) in [7, 11) is 0. The summed E-state index contributed by atoms with van der Waals surface area (Å²) < 4.78 is 0. The Bertz CT molecular complexity index is 406. The van der Waals surface area contributed by atoms with E-state index in [1.54, 1.807) is 0 Å². The second kappa shape index (κ2) is 5.11. The fraction of sp³-hybridized carbons (Fsp3) is 0.692. The average Bonchev–Trinajstić information content (AvgIpc) is 2.82. The minimum atomic E-state index is -0.303. The highest BCUT2D eigenvalue weighted by Gasteiger charge is 2.43. The number of hydrogen-bond acceptors (Lipinski definition) is 4. The summed E-state index contributed by atoms with van der Waals surface area (Å²) >= 11 is 0. The van der Waals surface area contributed by atoms with E-state index in [1.165, 1.54) is 0 Å². The first kappa shape index (κ1) is 13.7. The molecule has 0 aromatic carbocycles. The van der Waals surface area contributed by atoms with Gasteiger partial charge in [-0.05, 0) is 12.8 Å². The lowest BCUT2D eigenvalue weighted by molar-refractivity contribution is -0.148. The van der Waals surface area contributed by atoms with Crippen LogP contribution in [0.25, 0.3) is 0 Å². The van der Waals surface area contributed by atoms with E-state index in [0.29, 0.717) is 12.8 Å². The molecule has 104 valence electrons. The highest BCUT2D eigenvalue weighted by Crippen LogP contribution is 2.26. The molecule has 19 heavy (non-hydrogen) atoms. The van der Waals surface area contributed by atoms with E-state index in [-0.39, 0.29) is 55.0 Å². The molecule has 0 spiro atoms. The van der Waals surface area contributed by atoms with E-state index in [2.05, 4.69) is 0 Å². The Morgan fingerprint density at radius 1 is 0.842 bits per heavy atom. The van der Waals surface area contributed by atoms with Crippen LogP contribution >= 0.6 is 0 Å². The second-order valence-electron chi connectivity index (χ2n) is 5.08. The normalized spacial score (nSPS) is 27.9. The van der Waals surface area contributed by atoms with Crippen LogP contribution in [0.3, 0.4) is 0 Å². The zero-order valence-corrected chi connectivity index (χ0v) is 11.2. The number of carbonyl (C=O) groups excluding carboxylic acids is 4. The SMILES string of the molecule is CCC1CC(=O)N(CN2C(=O)CC(CC)C2=O)C1=O. The summed E-state index contributed by atoms with van der Waals surface area (Å²) in [6.45, 7) is 3.49. The third kappa shape index (κ3) is 2.27. The maximum absolute atomic E-state index is 12.0. The van der Waals surface area contributed by atoms with Crippen molar-refractivity contribution >= 4 is 23.6 Å². The lowest BCUT2D eigenvalue weighted by Crippen LogP contribution is -2.44. The minimum Gasteiger partial charge on any atom is -0.274 e. The third-order valence-electron chi connectivity index (χ3n) is 3.94. The fourth-order valence-corrected chi connectivity index (χ4v) is 2.58. The monoisotopic (exact) mass is 266 g/mol. The van der Waals surface area contributed by atoms with Gasteiger partial charge in [-0.2, -0.15) is 0 Å². The zero-order valence-electron chi connectivity index (χ0n) is 11.2. The van der Waals surface area contributed by atoms with Crippen LogP contribution in [0.2, 0.25) is 0 Å². The Balaban J connectivity index is 2.09. The number of rotatable bonds is 4. The molecule has 0 aromatic rings. The molecule has 0 bridgehead atoms. The van der Waals surface area contributed by atoms with Crippen molar-refractivity contribution in [2.45, 2.75) is 39.5 Å². The Morgan fingerprint density at radius 2 is 1.21 bits per heavy atom. The fourth-order valence-electron chi connectivity index (χ4n) is 2.58. The molecular weight excluding hydrogens is 248 g/mol. The summed E-state index contributed by atoms with van der Waals surface area (Å²) in [5, 5.41) is 0. The van der Waals surface area contributed by atoms with Crippen LogP contribution in [-0.2, 0) is 19.2 Å². The van der Waals surface area contributed by atoms with Gasteiger partial charge in [-0.15, -0.1) is 0 Å². The van der Waals surface area contributed by atoms with E-state index in [9.17, 15) is 19.2 Å². The number of amides is 4. The molecule has 0 N–H and O–H groups in total. The van der Waals surface area contributed by atoms with Crippen LogP contribution in [0.4, 0.5) is 0 Å². The first-order valence-electron chi connectivity index (χ1n) is 6.68. The van der Waals surface area contributed by atoms with Gasteiger partial charge in [-0.1, -0.05) is 13.8 Å². The van der Waals surface area contributed by atoms with Crippen molar-refractivity contribution in [3.63, 3.8) is 0 Å². The first-order chi connectivity index (χ1) is 8.99. The molecule has 2 aliphatic rings. The standard InChI is InChI=1S/C13H18N2O4/c1-3-8-5-10(16)14(12(8)18)7-15-11(17)6-9(4-2)13(15)19/h8-9H,3-7H2,1-2H3. The van der Waals surface area contributed by atoms with Gasteiger partial charge in [0, 0.05) is 24.7 Å². The number of likely N-dealkylation sites (tertiary alicyclic amines) is 2. The molecule has 2 fully saturated rings. The van der Waals surface area contributed by atoms with Gasteiger partial charge < -0.3 is 0 Å². The van der Waals surface area contributed by atoms with Crippen molar-refractivity contribution in [1.29, 1.82) is 0 Å². The van der Waals surface area contributed by atoms with E-state index < -0.39 is 0 Å². The Kier molecular flexibility index (Phi) is 3.68. The van der Waals surface area contributed by atoms with Crippen molar-refractivity contribution < 1.29 is 19.2 Å². The van der Waals surface area contributed by atoms with Crippen molar-refractivity contribution in [1.82, 2.24) is 9.80 Å². The molecule has 4 amide bonds. The van der Waals surface area contributed by atoms with Crippen LogP contribution in [0.5, 0.6) is 0 Å². The molecule has 2 aliphatic heterocycles. The Labute approximate surface area is 111 Å². The summed E-state index contributed by atoms with van der Waals surface area (Å²) in [6.07, 6.45) is 1.56. The summed E-state index contributed by atoms with van der Waals surface area (Å²) in [4.78, 5) is 49.5. The average molecular weight is 266 g/mol. The van der Waals surface area contributed by atoms with Gasteiger partial charge in [0.05, 0.1) is 0 Å². The van der Waals surface area contributed by atoms with Gasteiger partial charge in [-0.3, -0.25) is 29.0 Å². The molecular formula is C13H18N2O4. The lowest BCUT2D eigenvalue weighted by atomic mass is 10.1. The number of carbonyl (C=O) groups is 4. The van der Waals surface area contributed by atoms with E-state index >= 15 is 0 Å². The Morgan fingerprint density at radius 3 is 1.47 bits per heavy atom. The van der Waals surface area contributed by atoms with Gasteiger partial charge in [0.2, 0.25) is 23.6 Å². The predicted octanol–water partition coefficient (Wildman–Crippen LogP) is 0.514. The van der Waals surface area contributed by atoms with Crippen LogP contribution in [0.1, 0.15) is 39.5 Å². The van der Waals surface area contributed by atoms with E-state index in [4.69, 9.17) is 0 Å². The molecule has 6 heteroatoms.